The number of rotatable bonds is 6. The third-order valence-corrected chi connectivity index (χ3v) is 5.85. The number of halogens is 1. The zero-order chi connectivity index (χ0) is 25.8. The van der Waals surface area contributed by atoms with Crippen LogP contribution in [-0.4, -0.2) is 59.7 Å². The molecule has 0 aliphatic carbocycles. The van der Waals surface area contributed by atoms with Crippen molar-refractivity contribution in [1.29, 1.82) is 0 Å². The van der Waals surface area contributed by atoms with Gasteiger partial charge in [-0.1, -0.05) is 0 Å². The van der Waals surface area contributed by atoms with Crippen LogP contribution in [-0.2, 0) is 9.53 Å². The van der Waals surface area contributed by atoms with E-state index in [0.29, 0.717) is 24.2 Å². The van der Waals surface area contributed by atoms with E-state index < -0.39 is 18.0 Å². The number of amides is 2. The van der Waals surface area contributed by atoms with Gasteiger partial charge in [-0.3, -0.25) is 13.8 Å². The van der Waals surface area contributed by atoms with E-state index in [9.17, 15) is 14.7 Å². The fourth-order valence-electron chi connectivity index (χ4n) is 3.62. The number of carboxylic acid groups (broad SMARTS) is 1. The van der Waals surface area contributed by atoms with Crippen molar-refractivity contribution >= 4 is 40.6 Å². The number of nitrogens with zero attached hydrogens (tertiary/aromatic N) is 1. The summed E-state index contributed by atoms with van der Waals surface area (Å²) in [6.45, 7) is 6.65. The number of anilines is 1. The fraction of sp³-hybridized carbons (Fsp3) is 0.478. The van der Waals surface area contributed by atoms with Crippen LogP contribution in [0, 0.1) is 5.82 Å². The molecule has 4 rings (SSSR count). The number of phenolic OH excluding ortho intramolecular Hbond substituents is 1. The molecule has 2 fully saturated rings. The first-order valence-corrected chi connectivity index (χ1v) is 11.9. The molecule has 192 valence electrons. The van der Waals surface area contributed by atoms with Gasteiger partial charge in [0.25, 0.3) is 5.91 Å². The molecular formula is C23H31FN4O6S. The van der Waals surface area contributed by atoms with Crippen molar-refractivity contribution in [3.05, 3.63) is 30.1 Å². The van der Waals surface area contributed by atoms with Crippen LogP contribution in [0.3, 0.4) is 0 Å². The highest BCUT2D eigenvalue weighted by atomic mass is 32.2. The van der Waals surface area contributed by atoms with E-state index in [1.165, 1.54) is 16.4 Å². The van der Waals surface area contributed by atoms with E-state index >= 15 is 4.39 Å². The van der Waals surface area contributed by atoms with Crippen molar-refractivity contribution in [2.24, 2.45) is 5.73 Å². The fourth-order valence-corrected chi connectivity index (χ4v) is 4.54. The van der Waals surface area contributed by atoms with Crippen LogP contribution in [0.5, 0.6) is 11.5 Å². The number of hydrogen-bond donors (Lipinski definition) is 5. The Morgan fingerprint density at radius 3 is 2.74 bits per heavy atom. The molecule has 0 radical (unpaired) electrons. The molecular weight excluding hydrogens is 479 g/mol. The Balaban J connectivity index is 0.000000623. The van der Waals surface area contributed by atoms with Crippen molar-refractivity contribution in [3.8, 4) is 11.5 Å². The Labute approximate surface area is 207 Å². The maximum atomic E-state index is 15.4. The zero-order valence-corrected chi connectivity index (χ0v) is 20.7. The lowest BCUT2D eigenvalue weighted by Gasteiger charge is -2.27. The van der Waals surface area contributed by atoms with E-state index in [-0.39, 0.29) is 47.5 Å². The van der Waals surface area contributed by atoms with Gasteiger partial charge in [-0.15, -0.1) is 0 Å². The van der Waals surface area contributed by atoms with Gasteiger partial charge in [0.05, 0.1) is 24.8 Å². The number of hydrogen-bond acceptors (Lipinski definition) is 8. The number of phenols is 1. The van der Waals surface area contributed by atoms with Gasteiger partial charge >= 0.3 is 6.09 Å². The summed E-state index contributed by atoms with van der Waals surface area (Å²) in [6, 6.07) is 5.31. The van der Waals surface area contributed by atoms with Crippen molar-refractivity contribution in [2.45, 2.75) is 51.3 Å². The van der Waals surface area contributed by atoms with Crippen molar-refractivity contribution < 1.29 is 33.7 Å². The maximum absolute atomic E-state index is 15.4. The Morgan fingerprint density at radius 2 is 2.11 bits per heavy atom. The Hall–Kier alpha value is -2.96. The van der Waals surface area contributed by atoms with Gasteiger partial charge in [-0.25, -0.2) is 9.18 Å². The summed E-state index contributed by atoms with van der Waals surface area (Å²) in [6.07, 6.45) is -0.0118. The molecule has 2 heterocycles. The first-order valence-electron chi connectivity index (χ1n) is 11.2. The highest BCUT2D eigenvalue weighted by Crippen LogP contribution is 2.43. The molecule has 2 aromatic rings. The van der Waals surface area contributed by atoms with E-state index in [1.807, 2.05) is 20.8 Å². The average molecular weight is 511 g/mol. The summed E-state index contributed by atoms with van der Waals surface area (Å²) in [7, 11) is 0. The summed E-state index contributed by atoms with van der Waals surface area (Å²) in [4.78, 5) is 22.8. The van der Waals surface area contributed by atoms with Crippen molar-refractivity contribution in [2.75, 3.05) is 24.1 Å². The third kappa shape index (κ3) is 7.03. The minimum absolute atomic E-state index is 0. The lowest BCUT2D eigenvalue weighted by atomic mass is 10.0. The van der Waals surface area contributed by atoms with E-state index in [2.05, 4.69) is 10.0 Å². The summed E-state index contributed by atoms with van der Waals surface area (Å²) in [5, 5.41) is 22.0. The molecule has 2 aromatic carbocycles. The highest BCUT2D eigenvalue weighted by Gasteiger charge is 2.44. The van der Waals surface area contributed by atoms with Gasteiger partial charge < -0.3 is 30.7 Å². The van der Waals surface area contributed by atoms with E-state index in [1.54, 1.807) is 12.1 Å². The molecule has 35 heavy (non-hydrogen) atoms. The largest absolute Gasteiger partial charge is 0.506 e. The number of fused-ring (bicyclic) bond motifs is 1. The van der Waals surface area contributed by atoms with Gasteiger partial charge in [0.1, 0.15) is 29.8 Å². The summed E-state index contributed by atoms with van der Waals surface area (Å²) >= 11 is 0.929. The van der Waals surface area contributed by atoms with Crippen LogP contribution in [0.1, 0.15) is 33.6 Å². The molecule has 2 amide bonds. The normalized spacial score (nSPS) is 19.8. The second-order valence-electron chi connectivity index (χ2n) is 9.27. The number of nitrogens with two attached hydrogens (primary N) is 1. The SMILES string of the molecule is CC(C)(C)N.O=C(O)NCCOc1ccc2c(F)c(N3SNC(=O)C3C3CCCO3)c(O)cc2c1. The molecule has 2 saturated heterocycles. The zero-order valence-electron chi connectivity index (χ0n) is 19.8. The molecule has 0 aromatic heterocycles. The second-order valence-corrected chi connectivity index (χ2v) is 10.0. The van der Waals surface area contributed by atoms with Crippen LogP contribution >= 0.6 is 12.1 Å². The number of nitrogens with one attached hydrogen (secondary N) is 2. The molecule has 2 atom stereocenters. The van der Waals surface area contributed by atoms with Crippen LogP contribution in [0.4, 0.5) is 14.9 Å². The van der Waals surface area contributed by atoms with Gasteiger partial charge in [0.2, 0.25) is 0 Å². The molecule has 12 heteroatoms. The van der Waals surface area contributed by atoms with Gasteiger partial charge in [-0.2, -0.15) is 0 Å². The highest BCUT2D eigenvalue weighted by molar-refractivity contribution is 7.99. The Kier molecular flexibility index (Phi) is 8.51. The van der Waals surface area contributed by atoms with Crippen molar-refractivity contribution in [1.82, 2.24) is 10.0 Å². The Bertz CT molecular complexity index is 1070. The Morgan fingerprint density at radius 1 is 1.40 bits per heavy atom. The number of ether oxygens (including phenoxy) is 2. The number of aromatic hydroxyl groups is 1. The van der Waals surface area contributed by atoms with Crippen molar-refractivity contribution in [3.63, 3.8) is 0 Å². The standard InChI is InChI=1S/C19H20FN3O6S.C4H11N/c20-15-12-4-3-11(28-7-5-21-19(26)27)8-10(12)9-13(24)16(15)23-17(18(25)22-30-23)14-2-1-6-29-14;1-4(2,3)5/h3-4,8-9,14,17,21,24H,1-2,5-7H2,(H,22,25)(H,26,27);5H2,1-3H3. The first-order chi connectivity index (χ1) is 16.5. The summed E-state index contributed by atoms with van der Waals surface area (Å²) in [5.41, 5.74) is 5.28. The molecule has 2 aliphatic heterocycles. The number of carbonyl (C=O) groups is 2. The molecule has 6 N–H and O–H groups in total. The number of carbonyl (C=O) groups excluding carboxylic acids is 1. The third-order valence-electron chi connectivity index (χ3n) is 4.95. The van der Waals surface area contributed by atoms with E-state index in [4.69, 9.17) is 20.3 Å². The van der Waals surface area contributed by atoms with Gasteiger partial charge in [0, 0.05) is 17.5 Å². The van der Waals surface area contributed by atoms with Gasteiger partial charge in [0.15, 0.2) is 5.82 Å². The van der Waals surface area contributed by atoms with Crippen LogP contribution < -0.4 is 24.8 Å². The molecule has 2 unspecified atom stereocenters. The summed E-state index contributed by atoms with van der Waals surface area (Å²) < 4.78 is 30.5. The molecule has 0 bridgehead atoms. The molecule has 10 nitrogen and oxygen atoms in total. The monoisotopic (exact) mass is 510 g/mol. The minimum atomic E-state index is -1.15. The van der Waals surface area contributed by atoms with E-state index in [0.717, 1.165) is 18.6 Å². The second kappa shape index (κ2) is 11.2. The molecule has 0 spiro atoms. The lowest BCUT2D eigenvalue weighted by Crippen LogP contribution is -2.42. The first kappa shape index (κ1) is 26.6. The van der Waals surface area contributed by atoms with Crippen LogP contribution in [0.2, 0.25) is 0 Å². The lowest BCUT2D eigenvalue weighted by molar-refractivity contribution is -0.122. The maximum Gasteiger partial charge on any atom is 0.404 e. The predicted molar refractivity (Wildman–Crippen MR) is 132 cm³/mol. The van der Waals surface area contributed by atoms with Crippen LogP contribution in [0.25, 0.3) is 10.8 Å². The molecule has 0 saturated carbocycles. The molecule has 2 aliphatic rings. The quantitative estimate of drug-likeness (QED) is 0.292. The minimum Gasteiger partial charge on any atom is -0.506 e. The van der Waals surface area contributed by atoms with Crippen LogP contribution in [0.15, 0.2) is 24.3 Å². The average Bonchev–Trinajstić information content (AvgIpc) is 3.39. The predicted octanol–water partition coefficient (Wildman–Crippen LogP) is 3.12. The number of benzene rings is 2. The summed E-state index contributed by atoms with van der Waals surface area (Å²) in [5.74, 6) is -0.844. The topological polar surface area (TPSA) is 146 Å². The van der Waals surface area contributed by atoms with Gasteiger partial charge in [-0.05, 0) is 63.3 Å². The smallest absolute Gasteiger partial charge is 0.404 e.